The van der Waals surface area contributed by atoms with Crippen LogP contribution in [0.3, 0.4) is 0 Å². The summed E-state index contributed by atoms with van der Waals surface area (Å²) < 4.78 is 0. The van der Waals surface area contributed by atoms with E-state index in [1.165, 1.54) is 0 Å². The SMILES string of the molecule is CC(C)C1C2=NOCC2CN1C=O. The quantitative estimate of drug-likeness (QED) is 0.583. The first kappa shape index (κ1) is 8.53. The van der Waals surface area contributed by atoms with E-state index in [2.05, 4.69) is 19.0 Å². The van der Waals surface area contributed by atoms with Gasteiger partial charge in [-0.25, -0.2) is 0 Å². The lowest BCUT2D eigenvalue weighted by Gasteiger charge is -2.22. The van der Waals surface area contributed by atoms with E-state index < -0.39 is 0 Å². The highest BCUT2D eigenvalue weighted by Gasteiger charge is 2.42. The van der Waals surface area contributed by atoms with Gasteiger partial charge >= 0.3 is 0 Å². The first-order chi connectivity index (χ1) is 6.24. The lowest BCUT2D eigenvalue weighted by molar-refractivity contribution is -0.119. The minimum atomic E-state index is 0.157. The molecule has 0 aromatic heterocycles. The van der Waals surface area contributed by atoms with Crippen LogP contribution in [-0.2, 0) is 9.63 Å². The van der Waals surface area contributed by atoms with Crippen molar-refractivity contribution in [2.75, 3.05) is 13.2 Å². The van der Waals surface area contributed by atoms with Crippen LogP contribution in [0.5, 0.6) is 0 Å². The average Bonchev–Trinajstić information content (AvgIpc) is 2.59. The molecule has 4 heteroatoms. The van der Waals surface area contributed by atoms with Crippen LogP contribution in [0, 0.1) is 11.8 Å². The molecule has 0 radical (unpaired) electrons. The van der Waals surface area contributed by atoms with Crippen LogP contribution in [0.2, 0.25) is 0 Å². The molecule has 13 heavy (non-hydrogen) atoms. The summed E-state index contributed by atoms with van der Waals surface area (Å²) in [4.78, 5) is 17.6. The number of fused-ring (bicyclic) bond motifs is 1. The Kier molecular flexibility index (Phi) is 1.98. The van der Waals surface area contributed by atoms with Crippen LogP contribution >= 0.6 is 0 Å². The lowest BCUT2D eigenvalue weighted by Crippen LogP contribution is -2.36. The maximum Gasteiger partial charge on any atom is 0.210 e. The number of amides is 1. The van der Waals surface area contributed by atoms with E-state index in [-0.39, 0.29) is 6.04 Å². The topological polar surface area (TPSA) is 41.9 Å². The number of hydrogen-bond donors (Lipinski definition) is 0. The van der Waals surface area contributed by atoms with Gasteiger partial charge in [0.15, 0.2) is 0 Å². The molecule has 1 amide bonds. The van der Waals surface area contributed by atoms with Gasteiger partial charge in [0.25, 0.3) is 0 Å². The molecule has 0 N–H and O–H groups in total. The van der Waals surface area contributed by atoms with Gasteiger partial charge in [-0.3, -0.25) is 4.79 Å². The van der Waals surface area contributed by atoms with Crippen molar-refractivity contribution in [3.05, 3.63) is 0 Å². The Labute approximate surface area is 77.5 Å². The number of hydrogen-bond acceptors (Lipinski definition) is 3. The smallest absolute Gasteiger partial charge is 0.210 e. The molecule has 0 spiro atoms. The van der Waals surface area contributed by atoms with Gasteiger partial charge in [0.1, 0.15) is 6.61 Å². The van der Waals surface area contributed by atoms with Crippen LogP contribution in [0.4, 0.5) is 0 Å². The minimum Gasteiger partial charge on any atom is -0.395 e. The van der Waals surface area contributed by atoms with Crippen LogP contribution in [-0.4, -0.2) is 36.2 Å². The van der Waals surface area contributed by atoms with Gasteiger partial charge < -0.3 is 9.74 Å². The Morgan fingerprint density at radius 2 is 2.46 bits per heavy atom. The summed E-state index contributed by atoms with van der Waals surface area (Å²) in [5.41, 5.74) is 1.06. The molecular formula is C9H14N2O2. The van der Waals surface area contributed by atoms with Crippen molar-refractivity contribution in [3.8, 4) is 0 Å². The summed E-state index contributed by atoms with van der Waals surface area (Å²) in [6, 6.07) is 0.157. The molecule has 1 fully saturated rings. The Hall–Kier alpha value is -1.06. The van der Waals surface area contributed by atoms with Gasteiger partial charge in [-0.1, -0.05) is 19.0 Å². The summed E-state index contributed by atoms with van der Waals surface area (Å²) in [7, 11) is 0. The Morgan fingerprint density at radius 1 is 1.69 bits per heavy atom. The summed E-state index contributed by atoms with van der Waals surface area (Å²) in [5, 5.41) is 4.01. The van der Waals surface area contributed by atoms with Crippen molar-refractivity contribution in [1.29, 1.82) is 0 Å². The fourth-order valence-corrected chi connectivity index (χ4v) is 2.17. The van der Waals surface area contributed by atoms with Crippen molar-refractivity contribution >= 4 is 12.1 Å². The Morgan fingerprint density at radius 3 is 3.08 bits per heavy atom. The van der Waals surface area contributed by atoms with Gasteiger partial charge in [0.2, 0.25) is 6.41 Å². The second kappa shape index (κ2) is 3.01. The van der Waals surface area contributed by atoms with E-state index in [9.17, 15) is 4.79 Å². The molecule has 4 nitrogen and oxygen atoms in total. The highest BCUT2D eigenvalue weighted by Crippen LogP contribution is 2.28. The molecule has 2 aliphatic heterocycles. The van der Waals surface area contributed by atoms with Crippen LogP contribution in [0.15, 0.2) is 5.16 Å². The molecule has 2 unspecified atom stereocenters. The lowest BCUT2D eigenvalue weighted by atomic mass is 9.96. The number of oxime groups is 1. The first-order valence-corrected chi connectivity index (χ1v) is 4.65. The largest absolute Gasteiger partial charge is 0.395 e. The maximum atomic E-state index is 10.8. The highest BCUT2D eigenvalue weighted by molar-refractivity contribution is 5.96. The third-order valence-corrected chi connectivity index (χ3v) is 2.72. The molecule has 0 aliphatic carbocycles. The summed E-state index contributed by atoms with van der Waals surface area (Å²) in [5.74, 6) is 0.758. The molecule has 0 saturated carbocycles. The third-order valence-electron chi connectivity index (χ3n) is 2.72. The van der Waals surface area contributed by atoms with Crippen LogP contribution < -0.4 is 0 Å². The standard InChI is InChI=1S/C9H14N2O2/c1-6(2)9-8-7(4-13-10-8)3-11(9)5-12/h5-7,9H,3-4H2,1-2H3. The van der Waals surface area contributed by atoms with Gasteiger partial charge in [-0.05, 0) is 5.92 Å². The molecule has 72 valence electrons. The monoisotopic (exact) mass is 182 g/mol. The molecule has 2 rings (SSSR count). The number of likely N-dealkylation sites (tertiary alicyclic amines) is 1. The number of rotatable bonds is 2. The summed E-state index contributed by atoms with van der Waals surface area (Å²) >= 11 is 0. The molecule has 0 aromatic rings. The molecule has 2 heterocycles. The zero-order chi connectivity index (χ0) is 9.42. The number of carbonyl (C=O) groups is 1. The number of carbonyl (C=O) groups excluding carboxylic acids is 1. The van der Waals surface area contributed by atoms with Crippen LogP contribution in [0.25, 0.3) is 0 Å². The molecule has 2 atom stereocenters. The molecular weight excluding hydrogens is 168 g/mol. The van der Waals surface area contributed by atoms with Crippen molar-refractivity contribution in [3.63, 3.8) is 0 Å². The second-order valence-corrected chi connectivity index (χ2v) is 4.00. The van der Waals surface area contributed by atoms with Gasteiger partial charge in [0, 0.05) is 6.54 Å². The molecule has 0 aromatic carbocycles. The zero-order valence-electron chi connectivity index (χ0n) is 7.93. The maximum absolute atomic E-state index is 10.8. The van der Waals surface area contributed by atoms with Crippen molar-refractivity contribution in [2.24, 2.45) is 17.0 Å². The van der Waals surface area contributed by atoms with E-state index in [0.717, 1.165) is 18.7 Å². The van der Waals surface area contributed by atoms with E-state index >= 15 is 0 Å². The zero-order valence-corrected chi connectivity index (χ0v) is 7.93. The molecule has 0 bridgehead atoms. The Bertz CT molecular complexity index is 250. The third kappa shape index (κ3) is 1.20. The number of nitrogens with zero attached hydrogens (tertiary/aromatic N) is 2. The predicted molar refractivity (Wildman–Crippen MR) is 48.3 cm³/mol. The average molecular weight is 182 g/mol. The van der Waals surface area contributed by atoms with Crippen molar-refractivity contribution < 1.29 is 9.63 Å². The van der Waals surface area contributed by atoms with Gasteiger partial charge in [-0.15, -0.1) is 0 Å². The van der Waals surface area contributed by atoms with Crippen molar-refractivity contribution in [2.45, 2.75) is 19.9 Å². The predicted octanol–water partition coefficient (Wildman–Crippen LogP) is 0.485. The van der Waals surface area contributed by atoms with Crippen LogP contribution in [0.1, 0.15) is 13.8 Å². The summed E-state index contributed by atoms with van der Waals surface area (Å²) in [6.07, 6.45) is 0.922. The normalized spacial score (nSPS) is 31.6. The van der Waals surface area contributed by atoms with Gasteiger partial charge in [0.05, 0.1) is 17.7 Å². The highest BCUT2D eigenvalue weighted by atomic mass is 16.6. The molecule has 1 saturated heterocycles. The molecule has 2 aliphatic rings. The van der Waals surface area contributed by atoms with E-state index in [4.69, 9.17) is 4.84 Å². The minimum absolute atomic E-state index is 0.157. The second-order valence-electron chi connectivity index (χ2n) is 4.00. The van der Waals surface area contributed by atoms with Crippen molar-refractivity contribution in [1.82, 2.24) is 4.90 Å². The van der Waals surface area contributed by atoms with Gasteiger partial charge in [-0.2, -0.15) is 0 Å². The fourth-order valence-electron chi connectivity index (χ4n) is 2.17. The van der Waals surface area contributed by atoms with E-state index in [1.54, 1.807) is 0 Å². The fraction of sp³-hybridized carbons (Fsp3) is 0.778. The van der Waals surface area contributed by atoms with E-state index in [1.807, 2.05) is 4.90 Å². The Balaban J connectivity index is 2.24. The first-order valence-electron chi connectivity index (χ1n) is 4.65. The summed E-state index contributed by atoms with van der Waals surface area (Å²) in [6.45, 7) is 5.61. The van der Waals surface area contributed by atoms with E-state index in [0.29, 0.717) is 18.4 Å².